The Morgan fingerprint density at radius 3 is 2.22 bits per heavy atom. The Hall–Kier alpha value is 0.260. The quantitative estimate of drug-likeness (QED) is 0.492. The summed E-state index contributed by atoms with van der Waals surface area (Å²) >= 11 is 0. The Balaban J connectivity index is 3.90. The smallest absolute Gasteiger partial charge is 0.203 e. The first-order valence-corrected chi connectivity index (χ1v) is 5.62. The second-order valence-corrected chi connectivity index (χ2v) is 6.21. The SMILES string of the molecule is CCS(=O)(=O)SC(C)O. The van der Waals surface area contributed by atoms with Gasteiger partial charge in [0.15, 0.2) is 0 Å². The molecular weight excluding hydrogens is 160 g/mol. The van der Waals surface area contributed by atoms with Gasteiger partial charge in [-0.05, 0) is 17.7 Å². The van der Waals surface area contributed by atoms with E-state index in [1.807, 2.05) is 0 Å². The third-order valence-electron chi connectivity index (χ3n) is 0.639. The molecule has 0 saturated heterocycles. The molecule has 1 unspecified atom stereocenters. The number of hydrogen-bond acceptors (Lipinski definition) is 4. The van der Waals surface area contributed by atoms with Gasteiger partial charge in [0.2, 0.25) is 8.87 Å². The van der Waals surface area contributed by atoms with Crippen LogP contribution in [0.5, 0.6) is 0 Å². The molecule has 0 saturated carbocycles. The minimum atomic E-state index is -3.05. The molecule has 0 aliphatic heterocycles. The van der Waals surface area contributed by atoms with Gasteiger partial charge >= 0.3 is 0 Å². The first-order valence-electron chi connectivity index (χ1n) is 2.57. The monoisotopic (exact) mass is 170 g/mol. The second-order valence-electron chi connectivity index (χ2n) is 1.54. The van der Waals surface area contributed by atoms with Crippen LogP contribution in [0.3, 0.4) is 0 Å². The van der Waals surface area contributed by atoms with Gasteiger partial charge in [-0.15, -0.1) is 0 Å². The van der Waals surface area contributed by atoms with Crippen LogP contribution < -0.4 is 0 Å². The van der Waals surface area contributed by atoms with Gasteiger partial charge < -0.3 is 5.11 Å². The molecule has 0 fully saturated rings. The van der Waals surface area contributed by atoms with E-state index in [4.69, 9.17) is 5.11 Å². The number of aliphatic hydroxyl groups is 1. The zero-order valence-electron chi connectivity index (χ0n) is 5.36. The van der Waals surface area contributed by atoms with Gasteiger partial charge in [0.05, 0.1) is 5.75 Å². The van der Waals surface area contributed by atoms with Crippen LogP contribution in [-0.2, 0) is 8.87 Å². The largest absolute Gasteiger partial charge is 0.382 e. The molecule has 0 aliphatic carbocycles. The van der Waals surface area contributed by atoms with Crippen LogP contribution in [0.2, 0.25) is 0 Å². The lowest BCUT2D eigenvalue weighted by molar-refractivity contribution is 0.285. The molecule has 0 rings (SSSR count). The van der Waals surface area contributed by atoms with Crippen LogP contribution in [0.15, 0.2) is 0 Å². The van der Waals surface area contributed by atoms with Crippen molar-refractivity contribution < 1.29 is 13.5 Å². The third-order valence-corrected chi connectivity index (χ3v) is 4.34. The first kappa shape index (κ1) is 9.26. The molecule has 0 bridgehead atoms. The zero-order chi connectivity index (χ0) is 7.49. The highest BCUT2D eigenvalue weighted by Gasteiger charge is 2.10. The third kappa shape index (κ3) is 4.74. The van der Waals surface area contributed by atoms with Gasteiger partial charge in [-0.3, -0.25) is 0 Å². The molecular formula is C4H10O3S2. The molecule has 0 aromatic rings. The Kier molecular flexibility index (Phi) is 3.53. The van der Waals surface area contributed by atoms with Crippen LogP contribution in [0.25, 0.3) is 0 Å². The molecule has 56 valence electrons. The Labute approximate surface area is 58.8 Å². The number of aliphatic hydroxyl groups excluding tert-OH is 1. The molecule has 0 aromatic heterocycles. The summed E-state index contributed by atoms with van der Waals surface area (Å²) in [5.74, 6) is 0.0720. The first-order chi connectivity index (χ1) is 3.98. The number of hydrogen-bond donors (Lipinski definition) is 1. The van der Waals surface area contributed by atoms with Crippen molar-refractivity contribution in [1.82, 2.24) is 0 Å². The van der Waals surface area contributed by atoms with E-state index in [0.717, 1.165) is 0 Å². The van der Waals surface area contributed by atoms with Gasteiger partial charge in [0.25, 0.3) is 0 Å². The normalized spacial score (nSPS) is 15.4. The molecule has 0 radical (unpaired) electrons. The van der Waals surface area contributed by atoms with Crippen LogP contribution in [0, 0.1) is 0 Å². The van der Waals surface area contributed by atoms with Crippen molar-refractivity contribution >= 4 is 19.7 Å². The van der Waals surface area contributed by atoms with Gasteiger partial charge in [-0.2, -0.15) is 0 Å². The molecule has 0 aliphatic rings. The summed E-state index contributed by atoms with van der Waals surface area (Å²) in [6.07, 6.45) is 0. The van der Waals surface area contributed by atoms with Crippen molar-refractivity contribution in [2.75, 3.05) is 5.75 Å². The van der Waals surface area contributed by atoms with Crippen LogP contribution >= 0.6 is 10.8 Å². The van der Waals surface area contributed by atoms with Crippen LogP contribution in [-0.4, -0.2) is 24.7 Å². The zero-order valence-corrected chi connectivity index (χ0v) is 7.00. The summed E-state index contributed by atoms with van der Waals surface area (Å²) in [6.45, 7) is 2.97. The van der Waals surface area contributed by atoms with Crippen molar-refractivity contribution in [2.45, 2.75) is 19.3 Å². The van der Waals surface area contributed by atoms with E-state index in [1.54, 1.807) is 6.92 Å². The second kappa shape index (κ2) is 3.43. The Morgan fingerprint density at radius 1 is 1.67 bits per heavy atom. The summed E-state index contributed by atoms with van der Waals surface area (Å²) in [5.41, 5.74) is -0.824. The lowest BCUT2D eigenvalue weighted by atomic mass is 10.9. The summed E-state index contributed by atoms with van der Waals surface area (Å²) in [4.78, 5) is 0. The molecule has 0 amide bonds. The van der Waals surface area contributed by atoms with E-state index in [-0.39, 0.29) is 5.75 Å². The van der Waals surface area contributed by atoms with E-state index in [1.165, 1.54) is 6.92 Å². The molecule has 0 heterocycles. The van der Waals surface area contributed by atoms with E-state index in [2.05, 4.69) is 0 Å². The maximum Gasteiger partial charge on any atom is 0.203 e. The molecule has 9 heavy (non-hydrogen) atoms. The predicted molar refractivity (Wildman–Crippen MR) is 38.7 cm³/mol. The minimum absolute atomic E-state index is 0.0720. The van der Waals surface area contributed by atoms with Crippen LogP contribution in [0.4, 0.5) is 0 Å². The number of rotatable bonds is 3. The van der Waals surface area contributed by atoms with Gasteiger partial charge in [0.1, 0.15) is 5.44 Å². The van der Waals surface area contributed by atoms with E-state index >= 15 is 0 Å². The fourth-order valence-corrected chi connectivity index (χ4v) is 2.52. The Morgan fingerprint density at radius 2 is 2.11 bits per heavy atom. The fourth-order valence-electron chi connectivity index (χ4n) is 0.280. The maximum absolute atomic E-state index is 10.6. The van der Waals surface area contributed by atoms with Crippen molar-refractivity contribution in [3.63, 3.8) is 0 Å². The molecule has 0 spiro atoms. The average molecular weight is 170 g/mol. The average Bonchev–Trinajstić information content (AvgIpc) is 1.63. The lowest BCUT2D eigenvalue weighted by Gasteiger charge is -2.00. The van der Waals surface area contributed by atoms with E-state index < -0.39 is 14.3 Å². The lowest BCUT2D eigenvalue weighted by Crippen LogP contribution is -2.03. The summed E-state index contributed by atoms with van der Waals surface area (Å²) < 4.78 is 21.2. The summed E-state index contributed by atoms with van der Waals surface area (Å²) in [7, 11) is -2.47. The van der Waals surface area contributed by atoms with Gasteiger partial charge in [-0.25, -0.2) is 8.42 Å². The van der Waals surface area contributed by atoms with Crippen molar-refractivity contribution in [3.8, 4) is 0 Å². The van der Waals surface area contributed by atoms with Crippen molar-refractivity contribution in [1.29, 1.82) is 0 Å². The minimum Gasteiger partial charge on any atom is -0.382 e. The van der Waals surface area contributed by atoms with Gasteiger partial charge in [-0.1, -0.05) is 6.92 Å². The van der Waals surface area contributed by atoms with Gasteiger partial charge in [0, 0.05) is 0 Å². The molecule has 5 heteroatoms. The highest BCUT2D eigenvalue weighted by Crippen LogP contribution is 2.16. The molecule has 3 nitrogen and oxygen atoms in total. The molecule has 0 aromatic carbocycles. The van der Waals surface area contributed by atoms with E-state index in [0.29, 0.717) is 10.8 Å². The molecule has 1 N–H and O–H groups in total. The van der Waals surface area contributed by atoms with E-state index in [9.17, 15) is 8.42 Å². The fraction of sp³-hybridized carbons (Fsp3) is 1.00. The summed E-state index contributed by atoms with van der Waals surface area (Å²) in [5, 5.41) is 8.60. The highest BCUT2D eigenvalue weighted by molar-refractivity contribution is 8.72. The predicted octanol–water partition coefficient (Wildman–Crippen LogP) is 0.408. The maximum atomic E-state index is 10.6. The standard InChI is InChI=1S/C4H10O3S2/c1-3-9(6,7)8-4(2)5/h4-5H,3H2,1-2H3. The molecule has 1 atom stereocenters. The summed E-state index contributed by atoms with van der Waals surface area (Å²) in [6, 6.07) is 0. The van der Waals surface area contributed by atoms with Crippen molar-refractivity contribution in [3.05, 3.63) is 0 Å². The highest BCUT2D eigenvalue weighted by atomic mass is 33.1. The topological polar surface area (TPSA) is 54.4 Å². The Bertz CT molecular complexity index is 159. The van der Waals surface area contributed by atoms with Crippen molar-refractivity contribution in [2.24, 2.45) is 0 Å². The van der Waals surface area contributed by atoms with Crippen LogP contribution in [0.1, 0.15) is 13.8 Å².